The van der Waals surface area contributed by atoms with Crippen molar-refractivity contribution in [3.63, 3.8) is 0 Å². The number of esters is 1. The van der Waals surface area contributed by atoms with Crippen molar-refractivity contribution in [3.05, 3.63) is 41.5 Å². The molecule has 0 aliphatic carbocycles. The Kier molecular flexibility index (Phi) is 3.50. The van der Waals surface area contributed by atoms with Gasteiger partial charge in [-0.15, -0.1) is 0 Å². The van der Waals surface area contributed by atoms with Crippen LogP contribution in [0.4, 0.5) is 5.69 Å². The Hall–Kier alpha value is -3.27. The summed E-state index contributed by atoms with van der Waals surface area (Å²) >= 11 is 0. The summed E-state index contributed by atoms with van der Waals surface area (Å²) in [5.74, 6) is 0.290. The Morgan fingerprint density at radius 1 is 1.52 bits per heavy atom. The first kappa shape index (κ1) is 14.7. The number of nitrogens with zero attached hydrogens (tertiary/aromatic N) is 3. The van der Waals surface area contributed by atoms with Gasteiger partial charge in [0.15, 0.2) is 5.69 Å². The molecule has 0 unspecified atom stereocenters. The molecule has 0 fully saturated rings. The molecule has 23 heavy (non-hydrogen) atoms. The highest BCUT2D eigenvalue weighted by molar-refractivity contribution is 5.96. The number of H-pyrrole nitrogens is 1. The Bertz CT molecular complexity index is 945. The molecule has 0 atom stereocenters. The third-order valence-electron chi connectivity index (χ3n) is 3.67. The van der Waals surface area contributed by atoms with Gasteiger partial charge in [0.1, 0.15) is 11.9 Å². The van der Waals surface area contributed by atoms with Crippen molar-refractivity contribution < 1.29 is 9.53 Å². The number of benzene rings is 1. The molecule has 7 heteroatoms. The standard InChI is InChI=1S/C16H15N5O2/c1-3-13-19-11-5-4-10(6-12(11)20-13)21-8-9(7-17)14(18)15(21)16(22)23-2/h4-6,8H,3,18H2,1-2H3,(H,19,20). The lowest BCUT2D eigenvalue weighted by Gasteiger charge is -2.08. The van der Waals surface area contributed by atoms with E-state index in [1.165, 1.54) is 13.3 Å². The van der Waals surface area contributed by atoms with Crippen LogP contribution in [0.25, 0.3) is 16.7 Å². The number of ether oxygens (including phenoxy) is 1. The molecule has 116 valence electrons. The lowest BCUT2D eigenvalue weighted by atomic mass is 10.2. The van der Waals surface area contributed by atoms with Crippen molar-refractivity contribution in [2.24, 2.45) is 0 Å². The smallest absolute Gasteiger partial charge is 0.357 e. The second-order valence-corrected chi connectivity index (χ2v) is 5.02. The van der Waals surface area contributed by atoms with Crippen LogP contribution in [0.5, 0.6) is 0 Å². The number of hydrogen-bond acceptors (Lipinski definition) is 5. The van der Waals surface area contributed by atoms with Gasteiger partial charge in [-0.3, -0.25) is 0 Å². The molecule has 0 saturated carbocycles. The van der Waals surface area contributed by atoms with Gasteiger partial charge in [0.05, 0.1) is 29.4 Å². The molecular weight excluding hydrogens is 294 g/mol. The minimum absolute atomic E-state index is 0.110. The zero-order valence-corrected chi connectivity index (χ0v) is 12.8. The van der Waals surface area contributed by atoms with Gasteiger partial charge in [0.2, 0.25) is 0 Å². The number of nitrogens with one attached hydrogen (secondary N) is 1. The SMILES string of the molecule is CCc1nc2ccc(-n3cc(C#N)c(N)c3C(=O)OC)cc2[nH]1. The van der Waals surface area contributed by atoms with Gasteiger partial charge < -0.3 is 20.0 Å². The number of hydrogen-bond donors (Lipinski definition) is 2. The molecule has 1 aromatic carbocycles. The number of carbonyl (C=O) groups is 1. The second-order valence-electron chi connectivity index (χ2n) is 5.02. The van der Waals surface area contributed by atoms with E-state index in [-0.39, 0.29) is 16.9 Å². The lowest BCUT2D eigenvalue weighted by molar-refractivity contribution is 0.0593. The van der Waals surface area contributed by atoms with Gasteiger partial charge in [-0.2, -0.15) is 5.26 Å². The van der Waals surface area contributed by atoms with Gasteiger partial charge in [-0.25, -0.2) is 9.78 Å². The number of nitrogen functional groups attached to an aromatic ring is 1. The third-order valence-corrected chi connectivity index (χ3v) is 3.67. The molecule has 0 bridgehead atoms. The van der Waals surface area contributed by atoms with E-state index in [0.29, 0.717) is 5.69 Å². The van der Waals surface area contributed by atoms with E-state index in [4.69, 9.17) is 15.7 Å². The zero-order valence-electron chi connectivity index (χ0n) is 12.8. The average Bonchev–Trinajstić information content (AvgIpc) is 3.13. The number of rotatable bonds is 3. The molecule has 3 rings (SSSR count). The zero-order chi connectivity index (χ0) is 16.6. The van der Waals surface area contributed by atoms with Crippen LogP contribution in [-0.2, 0) is 11.2 Å². The number of carbonyl (C=O) groups excluding carboxylic acids is 1. The Morgan fingerprint density at radius 3 is 2.96 bits per heavy atom. The van der Waals surface area contributed by atoms with Crippen molar-refractivity contribution in [1.29, 1.82) is 5.26 Å². The van der Waals surface area contributed by atoms with Gasteiger partial charge in [0, 0.05) is 18.3 Å². The normalized spacial score (nSPS) is 10.7. The number of aromatic amines is 1. The number of nitrogens with two attached hydrogens (primary N) is 1. The fraction of sp³-hybridized carbons (Fsp3) is 0.188. The van der Waals surface area contributed by atoms with E-state index in [1.54, 1.807) is 4.57 Å². The molecule has 3 aromatic rings. The summed E-state index contributed by atoms with van der Waals surface area (Å²) in [4.78, 5) is 19.7. The molecule has 0 saturated heterocycles. The van der Waals surface area contributed by atoms with Crippen molar-refractivity contribution in [2.75, 3.05) is 12.8 Å². The maximum Gasteiger partial charge on any atom is 0.357 e. The summed E-state index contributed by atoms with van der Waals surface area (Å²) in [5, 5.41) is 9.15. The van der Waals surface area contributed by atoms with Gasteiger partial charge in [-0.1, -0.05) is 6.92 Å². The summed E-state index contributed by atoms with van der Waals surface area (Å²) in [6, 6.07) is 7.50. The second kappa shape index (κ2) is 5.50. The van der Waals surface area contributed by atoms with E-state index >= 15 is 0 Å². The molecular formula is C16H15N5O2. The summed E-state index contributed by atoms with van der Waals surface area (Å²) in [6.07, 6.45) is 2.33. The van der Waals surface area contributed by atoms with Crippen molar-refractivity contribution in [3.8, 4) is 11.8 Å². The Labute approximate surface area is 132 Å². The highest BCUT2D eigenvalue weighted by Gasteiger charge is 2.21. The van der Waals surface area contributed by atoms with Crippen LogP contribution in [0.15, 0.2) is 24.4 Å². The number of nitriles is 1. The topological polar surface area (TPSA) is 110 Å². The van der Waals surface area contributed by atoms with Crippen LogP contribution >= 0.6 is 0 Å². The van der Waals surface area contributed by atoms with E-state index < -0.39 is 5.97 Å². The van der Waals surface area contributed by atoms with Crippen LogP contribution in [0.2, 0.25) is 0 Å². The van der Waals surface area contributed by atoms with Gasteiger partial charge >= 0.3 is 5.97 Å². The third kappa shape index (κ3) is 2.30. The first-order valence-electron chi connectivity index (χ1n) is 7.07. The maximum absolute atomic E-state index is 12.0. The molecule has 7 nitrogen and oxygen atoms in total. The predicted molar refractivity (Wildman–Crippen MR) is 85.3 cm³/mol. The first-order valence-corrected chi connectivity index (χ1v) is 7.07. The highest BCUT2D eigenvalue weighted by Crippen LogP contribution is 2.26. The van der Waals surface area contributed by atoms with E-state index in [9.17, 15) is 4.79 Å². The number of imidazole rings is 1. The number of aryl methyl sites for hydroxylation is 1. The first-order chi connectivity index (χ1) is 11.1. The molecule has 2 heterocycles. The number of methoxy groups -OCH3 is 1. The number of fused-ring (bicyclic) bond motifs is 1. The Balaban J connectivity index is 2.21. The van der Waals surface area contributed by atoms with Crippen LogP contribution in [0, 0.1) is 11.3 Å². The summed E-state index contributed by atoms with van der Waals surface area (Å²) in [7, 11) is 1.27. The van der Waals surface area contributed by atoms with E-state index in [2.05, 4.69) is 9.97 Å². The van der Waals surface area contributed by atoms with Crippen molar-refractivity contribution >= 4 is 22.7 Å². The van der Waals surface area contributed by atoms with E-state index in [1.807, 2.05) is 31.2 Å². The maximum atomic E-state index is 12.0. The summed E-state index contributed by atoms with van der Waals surface area (Å²) in [6.45, 7) is 2.01. The van der Waals surface area contributed by atoms with E-state index in [0.717, 1.165) is 23.3 Å². The minimum Gasteiger partial charge on any atom is -0.464 e. The molecule has 0 spiro atoms. The van der Waals surface area contributed by atoms with Crippen molar-refractivity contribution in [2.45, 2.75) is 13.3 Å². The van der Waals surface area contributed by atoms with Gasteiger partial charge in [-0.05, 0) is 18.2 Å². The molecule has 0 amide bonds. The number of aromatic nitrogens is 3. The van der Waals surface area contributed by atoms with Crippen molar-refractivity contribution in [1.82, 2.24) is 14.5 Å². The van der Waals surface area contributed by atoms with Gasteiger partial charge in [0.25, 0.3) is 0 Å². The minimum atomic E-state index is -0.594. The quantitative estimate of drug-likeness (QED) is 0.720. The van der Waals surface area contributed by atoms with Crippen LogP contribution in [0.1, 0.15) is 28.8 Å². The van der Waals surface area contributed by atoms with Crippen LogP contribution in [0.3, 0.4) is 0 Å². The molecule has 0 aliphatic rings. The Morgan fingerprint density at radius 2 is 2.30 bits per heavy atom. The predicted octanol–water partition coefficient (Wildman–Crippen LogP) is 2.16. The largest absolute Gasteiger partial charge is 0.464 e. The molecule has 0 aliphatic heterocycles. The monoisotopic (exact) mass is 309 g/mol. The number of anilines is 1. The van der Waals surface area contributed by atoms with Crippen LogP contribution < -0.4 is 5.73 Å². The molecule has 2 aromatic heterocycles. The fourth-order valence-corrected chi connectivity index (χ4v) is 2.49. The fourth-order valence-electron chi connectivity index (χ4n) is 2.49. The van der Waals surface area contributed by atoms with Crippen LogP contribution in [-0.4, -0.2) is 27.6 Å². The highest BCUT2D eigenvalue weighted by atomic mass is 16.5. The molecule has 0 radical (unpaired) electrons. The average molecular weight is 309 g/mol. The summed E-state index contributed by atoms with van der Waals surface area (Å²) < 4.78 is 6.34. The summed E-state index contributed by atoms with van der Waals surface area (Å²) in [5.41, 5.74) is 8.75. The lowest BCUT2D eigenvalue weighted by Crippen LogP contribution is -2.11. The molecule has 3 N–H and O–H groups in total.